The highest BCUT2D eigenvalue weighted by atomic mass is 16.2. The zero-order valence-corrected chi connectivity index (χ0v) is 15.1. The van der Waals surface area contributed by atoms with Gasteiger partial charge in [0.1, 0.15) is 11.5 Å². The Morgan fingerprint density at radius 1 is 1.36 bits per heavy atom. The Bertz CT molecular complexity index is 682. The first kappa shape index (κ1) is 17.4. The molecule has 25 heavy (non-hydrogen) atoms. The van der Waals surface area contributed by atoms with Crippen molar-refractivity contribution in [2.45, 2.75) is 45.7 Å². The third kappa shape index (κ3) is 3.23. The van der Waals surface area contributed by atoms with Crippen LogP contribution in [0.5, 0.6) is 0 Å². The van der Waals surface area contributed by atoms with Crippen LogP contribution in [0.4, 0.5) is 10.6 Å². The molecule has 1 aliphatic heterocycles. The first-order valence-corrected chi connectivity index (χ1v) is 8.85. The van der Waals surface area contributed by atoms with Gasteiger partial charge in [-0.15, -0.1) is 0 Å². The van der Waals surface area contributed by atoms with Crippen molar-refractivity contribution >= 4 is 24.0 Å². The van der Waals surface area contributed by atoms with Crippen LogP contribution in [0.1, 0.15) is 39.3 Å². The minimum atomic E-state index is -0.0000254. The molecule has 3 rings (SSSR count). The van der Waals surface area contributed by atoms with Crippen LogP contribution in [-0.4, -0.2) is 58.2 Å². The highest BCUT2D eigenvalue weighted by molar-refractivity contribution is 6.01. The Morgan fingerprint density at radius 3 is 2.68 bits per heavy atom. The van der Waals surface area contributed by atoms with Gasteiger partial charge in [0.05, 0.1) is 6.34 Å². The van der Waals surface area contributed by atoms with Crippen LogP contribution in [0.25, 0.3) is 0 Å². The van der Waals surface area contributed by atoms with Gasteiger partial charge in [-0.25, -0.2) is 9.78 Å². The van der Waals surface area contributed by atoms with E-state index in [0.717, 1.165) is 25.7 Å². The lowest BCUT2D eigenvalue weighted by Crippen LogP contribution is -2.46. The van der Waals surface area contributed by atoms with Crippen LogP contribution in [-0.2, 0) is 0 Å². The van der Waals surface area contributed by atoms with Crippen molar-refractivity contribution in [3.63, 3.8) is 0 Å². The molecule has 7 heteroatoms. The first-order chi connectivity index (χ1) is 11.9. The average Bonchev–Trinajstić information content (AvgIpc) is 2.93. The summed E-state index contributed by atoms with van der Waals surface area (Å²) < 4.78 is 0. The molecule has 0 atom stereocenters. The maximum absolute atomic E-state index is 12.7. The highest BCUT2D eigenvalue weighted by Crippen LogP contribution is 2.34. The minimum absolute atomic E-state index is 0.0000254. The average molecular weight is 342 g/mol. The molecule has 1 saturated heterocycles. The van der Waals surface area contributed by atoms with Crippen LogP contribution < -0.4 is 4.90 Å². The molecule has 0 aromatic carbocycles. The number of amides is 2. The molecule has 1 saturated carbocycles. The second-order valence-corrected chi connectivity index (χ2v) is 7.22. The Hall–Kier alpha value is -2.44. The summed E-state index contributed by atoms with van der Waals surface area (Å²) in [4.78, 5) is 22.5. The number of rotatable bonds is 5. The molecule has 0 radical (unpaired) electrons. The van der Waals surface area contributed by atoms with Crippen molar-refractivity contribution in [2.24, 2.45) is 5.92 Å². The Labute approximate surface area is 148 Å². The number of hydrogen-bond donors (Lipinski definition) is 2. The van der Waals surface area contributed by atoms with Gasteiger partial charge in [-0.2, -0.15) is 0 Å². The molecule has 1 aliphatic carbocycles. The zero-order chi connectivity index (χ0) is 18.1. The van der Waals surface area contributed by atoms with Crippen molar-refractivity contribution in [3.8, 4) is 0 Å². The molecule has 0 bridgehead atoms. The van der Waals surface area contributed by atoms with E-state index in [9.17, 15) is 4.79 Å². The molecule has 2 aliphatic rings. The van der Waals surface area contributed by atoms with Crippen LogP contribution in [0.2, 0.25) is 0 Å². The SMILES string of the molecule is CC(C)N(C=N)C(=N)c1cccc(N2CCN([C@H]3C[C@H](C)C3)C2=O)n1. The van der Waals surface area contributed by atoms with Gasteiger partial charge in [-0.1, -0.05) is 13.0 Å². The summed E-state index contributed by atoms with van der Waals surface area (Å²) in [5.74, 6) is 1.45. The molecule has 2 heterocycles. The fraction of sp³-hybridized carbons (Fsp3) is 0.556. The van der Waals surface area contributed by atoms with Gasteiger partial charge in [0.25, 0.3) is 0 Å². The molecule has 7 nitrogen and oxygen atoms in total. The zero-order valence-electron chi connectivity index (χ0n) is 15.1. The number of aromatic nitrogens is 1. The van der Waals surface area contributed by atoms with Gasteiger partial charge in [0.15, 0.2) is 5.84 Å². The molecule has 2 amide bonds. The number of carbonyl (C=O) groups excluding carboxylic acids is 1. The molecule has 134 valence electrons. The van der Waals surface area contributed by atoms with Gasteiger partial charge in [0.2, 0.25) is 0 Å². The van der Waals surface area contributed by atoms with Gasteiger partial charge >= 0.3 is 6.03 Å². The van der Waals surface area contributed by atoms with E-state index in [1.54, 1.807) is 15.9 Å². The van der Waals surface area contributed by atoms with Crippen molar-refractivity contribution < 1.29 is 4.79 Å². The molecule has 0 spiro atoms. The Morgan fingerprint density at radius 2 is 2.08 bits per heavy atom. The second-order valence-electron chi connectivity index (χ2n) is 7.22. The van der Waals surface area contributed by atoms with Crippen LogP contribution >= 0.6 is 0 Å². The van der Waals surface area contributed by atoms with E-state index >= 15 is 0 Å². The number of pyridine rings is 1. The summed E-state index contributed by atoms with van der Waals surface area (Å²) in [7, 11) is 0. The van der Waals surface area contributed by atoms with E-state index in [0.29, 0.717) is 30.0 Å². The van der Waals surface area contributed by atoms with Crippen LogP contribution in [0, 0.1) is 16.7 Å². The molecular weight excluding hydrogens is 316 g/mol. The van der Waals surface area contributed by atoms with Crippen molar-refractivity contribution in [1.82, 2.24) is 14.8 Å². The molecule has 0 unspecified atom stereocenters. The third-order valence-electron chi connectivity index (χ3n) is 5.04. The molecule has 2 N–H and O–H groups in total. The molecule has 2 fully saturated rings. The summed E-state index contributed by atoms with van der Waals surface area (Å²) in [6.45, 7) is 7.43. The Balaban J connectivity index is 1.77. The number of carbonyl (C=O) groups is 1. The largest absolute Gasteiger partial charge is 0.326 e. The van der Waals surface area contributed by atoms with E-state index in [1.165, 1.54) is 0 Å². The summed E-state index contributed by atoms with van der Waals surface area (Å²) in [6, 6.07) is 5.75. The van der Waals surface area contributed by atoms with Gasteiger partial charge in [-0.3, -0.25) is 15.7 Å². The number of nitrogens with zero attached hydrogens (tertiary/aromatic N) is 4. The van der Waals surface area contributed by atoms with Crippen LogP contribution in [0.15, 0.2) is 18.2 Å². The predicted molar refractivity (Wildman–Crippen MR) is 98.5 cm³/mol. The monoisotopic (exact) mass is 342 g/mol. The van der Waals surface area contributed by atoms with E-state index in [4.69, 9.17) is 10.8 Å². The molecule has 1 aromatic heterocycles. The lowest BCUT2D eigenvalue weighted by atomic mass is 9.81. The smallest absolute Gasteiger partial charge is 0.320 e. The Kier molecular flexibility index (Phi) is 4.74. The van der Waals surface area contributed by atoms with Crippen molar-refractivity contribution in [2.75, 3.05) is 18.0 Å². The third-order valence-corrected chi connectivity index (χ3v) is 5.04. The van der Waals surface area contributed by atoms with E-state index in [-0.39, 0.29) is 17.9 Å². The maximum Gasteiger partial charge on any atom is 0.326 e. The lowest BCUT2D eigenvalue weighted by molar-refractivity contribution is 0.126. The van der Waals surface area contributed by atoms with Crippen LogP contribution in [0.3, 0.4) is 0 Å². The minimum Gasteiger partial charge on any atom is -0.320 e. The number of hydrogen-bond acceptors (Lipinski definition) is 4. The van der Waals surface area contributed by atoms with Crippen molar-refractivity contribution in [3.05, 3.63) is 23.9 Å². The van der Waals surface area contributed by atoms with E-state index in [2.05, 4.69) is 11.9 Å². The summed E-state index contributed by atoms with van der Waals surface area (Å²) in [5.41, 5.74) is 0.471. The fourth-order valence-corrected chi connectivity index (χ4v) is 3.53. The fourth-order valence-electron chi connectivity index (χ4n) is 3.53. The number of amidine groups is 1. The summed E-state index contributed by atoms with van der Waals surface area (Å²) in [5, 5.41) is 15.8. The van der Waals surface area contributed by atoms with Gasteiger partial charge < -0.3 is 9.80 Å². The topological polar surface area (TPSA) is 87.4 Å². The van der Waals surface area contributed by atoms with E-state index in [1.807, 2.05) is 30.9 Å². The van der Waals surface area contributed by atoms with E-state index < -0.39 is 0 Å². The van der Waals surface area contributed by atoms with Gasteiger partial charge in [0, 0.05) is 25.2 Å². The van der Waals surface area contributed by atoms with Gasteiger partial charge in [-0.05, 0) is 44.7 Å². The number of urea groups is 1. The second kappa shape index (κ2) is 6.82. The summed E-state index contributed by atoms with van der Waals surface area (Å²) >= 11 is 0. The standard InChI is InChI=1S/C18H26N6O/c1-12(2)24(11-19)17(20)15-5-4-6-16(21-15)23-8-7-22(18(23)25)14-9-13(3)10-14/h4-6,11-14,19-20H,7-10H2,1-3H3/t13-,14-. The molecular formula is C18H26N6O. The maximum atomic E-state index is 12.7. The summed E-state index contributed by atoms with van der Waals surface area (Å²) in [6.07, 6.45) is 3.31. The normalized spacial score (nSPS) is 23.0. The number of anilines is 1. The first-order valence-electron chi connectivity index (χ1n) is 8.85. The quantitative estimate of drug-likeness (QED) is 0.637. The highest BCUT2D eigenvalue weighted by Gasteiger charge is 2.40. The lowest BCUT2D eigenvalue weighted by Gasteiger charge is -2.39. The molecule has 1 aromatic rings. The number of nitrogens with one attached hydrogen (secondary N) is 2. The van der Waals surface area contributed by atoms with Crippen molar-refractivity contribution in [1.29, 1.82) is 10.8 Å². The predicted octanol–water partition coefficient (Wildman–Crippen LogP) is 2.76.